The summed E-state index contributed by atoms with van der Waals surface area (Å²) >= 11 is 1.60. The SMILES string of the molecule is CSC1(C#N)CCN(C(=O)c2ccc(C)nc2C)CC1. The lowest BCUT2D eigenvalue weighted by Crippen LogP contribution is -2.44. The number of carbonyl (C=O) groups excluding carboxylic acids is 1. The van der Waals surface area contributed by atoms with Gasteiger partial charge in [-0.1, -0.05) is 0 Å². The summed E-state index contributed by atoms with van der Waals surface area (Å²) in [5.74, 6) is 0.0302. The van der Waals surface area contributed by atoms with Crippen LogP contribution in [0.3, 0.4) is 0 Å². The van der Waals surface area contributed by atoms with E-state index in [1.165, 1.54) is 0 Å². The summed E-state index contributed by atoms with van der Waals surface area (Å²) in [6, 6.07) is 6.11. The molecule has 1 aromatic heterocycles. The van der Waals surface area contributed by atoms with Gasteiger partial charge in [-0.2, -0.15) is 5.26 Å². The van der Waals surface area contributed by atoms with Gasteiger partial charge in [0.05, 0.1) is 17.3 Å². The maximum absolute atomic E-state index is 12.5. The van der Waals surface area contributed by atoms with Crippen LogP contribution in [0.25, 0.3) is 0 Å². The summed E-state index contributed by atoms with van der Waals surface area (Å²) in [6.45, 7) is 5.06. The molecular weight excluding hydrogens is 270 g/mol. The number of carbonyl (C=O) groups is 1. The van der Waals surface area contributed by atoms with Crippen molar-refractivity contribution in [2.75, 3.05) is 19.3 Å². The van der Waals surface area contributed by atoms with Gasteiger partial charge in [-0.15, -0.1) is 11.8 Å². The Morgan fingerprint density at radius 2 is 2.05 bits per heavy atom. The van der Waals surface area contributed by atoms with E-state index in [4.69, 9.17) is 0 Å². The average molecular weight is 289 g/mol. The predicted octanol–water partition coefficient (Wildman–Crippen LogP) is 2.56. The number of pyridine rings is 1. The van der Waals surface area contributed by atoms with Crippen LogP contribution in [0.5, 0.6) is 0 Å². The molecule has 0 N–H and O–H groups in total. The quantitative estimate of drug-likeness (QED) is 0.839. The van der Waals surface area contributed by atoms with E-state index in [1.807, 2.05) is 37.1 Å². The molecule has 0 aliphatic carbocycles. The Labute approximate surface area is 124 Å². The molecule has 2 heterocycles. The number of aryl methyl sites for hydroxylation is 2. The number of rotatable bonds is 2. The summed E-state index contributed by atoms with van der Waals surface area (Å²) in [5.41, 5.74) is 2.37. The Kier molecular flexibility index (Phi) is 4.34. The lowest BCUT2D eigenvalue weighted by molar-refractivity contribution is 0.0715. The first-order valence-electron chi connectivity index (χ1n) is 6.71. The molecule has 0 aromatic carbocycles. The Balaban J connectivity index is 2.11. The number of hydrogen-bond acceptors (Lipinski definition) is 4. The molecule has 1 amide bonds. The number of amides is 1. The van der Waals surface area contributed by atoms with Gasteiger partial charge in [0.25, 0.3) is 5.91 Å². The summed E-state index contributed by atoms with van der Waals surface area (Å²) in [5, 5.41) is 9.27. The first kappa shape index (κ1) is 14.9. The topological polar surface area (TPSA) is 57.0 Å². The zero-order valence-electron chi connectivity index (χ0n) is 12.1. The molecule has 0 saturated carbocycles. The molecule has 0 radical (unpaired) electrons. The van der Waals surface area contributed by atoms with Gasteiger partial charge in [-0.3, -0.25) is 9.78 Å². The third-order valence-electron chi connectivity index (χ3n) is 3.91. The van der Waals surface area contributed by atoms with Crippen molar-refractivity contribution >= 4 is 17.7 Å². The van der Waals surface area contributed by atoms with Crippen LogP contribution in [0.1, 0.15) is 34.6 Å². The molecule has 1 saturated heterocycles. The van der Waals surface area contributed by atoms with E-state index >= 15 is 0 Å². The van der Waals surface area contributed by atoms with Crippen LogP contribution in [0, 0.1) is 25.2 Å². The summed E-state index contributed by atoms with van der Waals surface area (Å²) in [7, 11) is 0. The fourth-order valence-corrected chi connectivity index (χ4v) is 3.20. The van der Waals surface area contributed by atoms with E-state index in [1.54, 1.807) is 11.8 Å². The molecule has 4 nitrogen and oxygen atoms in total. The van der Waals surface area contributed by atoms with Gasteiger partial charge in [-0.25, -0.2) is 0 Å². The van der Waals surface area contributed by atoms with Crippen LogP contribution in [0.15, 0.2) is 12.1 Å². The molecule has 1 aliphatic heterocycles. The average Bonchev–Trinajstić information content (AvgIpc) is 2.47. The van der Waals surface area contributed by atoms with Crippen molar-refractivity contribution in [3.63, 3.8) is 0 Å². The minimum Gasteiger partial charge on any atom is -0.338 e. The molecule has 106 valence electrons. The predicted molar refractivity (Wildman–Crippen MR) is 80.7 cm³/mol. The fraction of sp³-hybridized carbons (Fsp3) is 0.533. The van der Waals surface area contributed by atoms with Gasteiger partial charge in [0, 0.05) is 18.8 Å². The number of aromatic nitrogens is 1. The van der Waals surface area contributed by atoms with Gasteiger partial charge in [-0.05, 0) is 45.1 Å². The molecule has 0 bridgehead atoms. The van der Waals surface area contributed by atoms with Crippen LogP contribution >= 0.6 is 11.8 Å². The van der Waals surface area contributed by atoms with Crippen LogP contribution < -0.4 is 0 Å². The monoisotopic (exact) mass is 289 g/mol. The highest BCUT2D eigenvalue weighted by Crippen LogP contribution is 2.34. The van der Waals surface area contributed by atoms with E-state index in [2.05, 4.69) is 11.1 Å². The van der Waals surface area contributed by atoms with E-state index in [9.17, 15) is 10.1 Å². The van der Waals surface area contributed by atoms with Gasteiger partial charge in [0.2, 0.25) is 0 Å². The van der Waals surface area contributed by atoms with Gasteiger partial charge in [0.15, 0.2) is 0 Å². The first-order chi connectivity index (χ1) is 9.51. The second kappa shape index (κ2) is 5.84. The molecule has 1 aliphatic rings. The van der Waals surface area contributed by atoms with Crippen molar-refractivity contribution in [2.24, 2.45) is 0 Å². The Morgan fingerprint density at radius 3 is 2.55 bits per heavy atom. The largest absolute Gasteiger partial charge is 0.338 e. The lowest BCUT2D eigenvalue weighted by atomic mass is 9.96. The van der Waals surface area contributed by atoms with Gasteiger partial charge in [0.1, 0.15) is 4.75 Å². The molecule has 1 fully saturated rings. The molecule has 2 rings (SSSR count). The smallest absolute Gasteiger partial charge is 0.255 e. The Morgan fingerprint density at radius 1 is 1.40 bits per heavy atom. The van der Waals surface area contributed by atoms with E-state index in [-0.39, 0.29) is 10.7 Å². The van der Waals surface area contributed by atoms with Crippen LogP contribution in [0.2, 0.25) is 0 Å². The van der Waals surface area contributed by atoms with Gasteiger partial charge >= 0.3 is 0 Å². The van der Waals surface area contributed by atoms with Crippen molar-refractivity contribution in [2.45, 2.75) is 31.4 Å². The maximum atomic E-state index is 12.5. The van der Waals surface area contributed by atoms with Gasteiger partial charge < -0.3 is 4.90 Å². The molecule has 20 heavy (non-hydrogen) atoms. The summed E-state index contributed by atoms with van der Waals surface area (Å²) in [6.07, 6.45) is 3.43. The molecular formula is C15H19N3OS. The first-order valence-corrected chi connectivity index (χ1v) is 7.94. The minimum absolute atomic E-state index is 0.0302. The van der Waals surface area contributed by atoms with Crippen molar-refractivity contribution in [3.8, 4) is 6.07 Å². The zero-order valence-corrected chi connectivity index (χ0v) is 13.0. The normalized spacial score (nSPS) is 17.6. The highest BCUT2D eigenvalue weighted by atomic mass is 32.2. The number of likely N-dealkylation sites (tertiary alicyclic amines) is 1. The van der Waals surface area contributed by atoms with Crippen molar-refractivity contribution in [1.29, 1.82) is 5.26 Å². The molecule has 0 spiro atoms. The van der Waals surface area contributed by atoms with Crippen molar-refractivity contribution in [1.82, 2.24) is 9.88 Å². The van der Waals surface area contributed by atoms with Crippen LogP contribution in [-0.2, 0) is 0 Å². The molecule has 1 aromatic rings. The molecule has 0 atom stereocenters. The molecule has 5 heteroatoms. The van der Waals surface area contributed by atoms with Crippen molar-refractivity contribution < 1.29 is 4.79 Å². The van der Waals surface area contributed by atoms with E-state index in [0.29, 0.717) is 18.7 Å². The fourth-order valence-electron chi connectivity index (χ4n) is 2.52. The third-order valence-corrected chi connectivity index (χ3v) is 5.19. The summed E-state index contributed by atoms with van der Waals surface area (Å²) in [4.78, 5) is 18.7. The highest BCUT2D eigenvalue weighted by molar-refractivity contribution is 8.00. The van der Waals surface area contributed by atoms with E-state index < -0.39 is 0 Å². The van der Waals surface area contributed by atoms with E-state index in [0.717, 1.165) is 24.2 Å². The Hall–Kier alpha value is -1.54. The number of nitrogens with zero attached hydrogens (tertiary/aromatic N) is 3. The van der Waals surface area contributed by atoms with Crippen LogP contribution in [-0.4, -0.2) is 39.9 Å². The third kappa shape index (κ3) is 2.80. The zero-order chi connectivity index (χ0) is 14.8. The number of piperidine rings is 1. The minimum atomic E-state index is -0.322. The second-order valence-corrected chi connectivity index (χ2v) is 6.38. The lowest BCUT2D eigenvalue weighted by Gasteiger charge is -2.36. The summed E-state index contributed by atoms with van der Waals surface area (Å²) < 4.78 is -0.322. The standard InChI is InChI=1S/C15H19N3OS/c1-11-4-5-13(12(2)17-11)14(19)18-8-6-15(10-16,20-3)7-9-18/h4-5H,6-9H2,1-3H3. The maximum Gasteiger partial charge on any atom is 0.255 e. The second-order valence-electron chi connectivity index (χ2n) is 5.19. The molecule has 0 unspecified atom stereocenters. The number of hydrogen-bond donors (Lipinski definition) is 0. The van der Waals surface area contributed by atoms with Crippen LogP contribution in [0.4, 0.5) is 0 Å². The Bertz CT molecular complexity index is 557. The number of nitriles is 1. The van der Waals surface area contributed by atoms with Crippen molar-refractivity contribution in [3.05, 3.63) is 29.1 Å². The highest BCUT2D eigenvalue weighted by Gasteiger charge is 2.35. The number of thioether (sulfide) groups is 1.